The van der Waals surface area contributed by atoms with Crippen LogP contribution in [0.1, 0.15) is 31.4 Å². The minimum atomic E-state index is -0.432. The summed E-state index contributed by atoms with van der Waals surface area (Å²) in [7, 11) is 0. The number of rotatable bonds is 4. The summed E-state index contributed by atoms with van der Waals surface area (Å²) < 4.78 is 0. The van der Waals surface area contributed by atoms with E-state index in [2.05, 4.69) is 10.2 Å². The van der Waals surface area contributed by atoms with Gasteiger partial charge in [-0.15, -0.1) is 0 Å². The van der Waals surface area contributed by atoms with Crippen LogP contribution in [0.3, 0.4) is 0 Å². The zero-order valence-electron chi connectivity index (χ0n) is 11.4. The highest BCUT2D eigenvalue weighted by atomic mass is 16.3. The molecule has 0 spiro atoms. The number of nitrogens with zero attached hydrogens (tertiary/aromatic N) is 1. The third-order valence-electron chi connectivity index (χ3n) is 3.61. The molecule has 1 unspecified atom stereocenters. The number of likely N-dealkylation sites (tertiary alicyclic amines) is 1. The quantitative estimate of drug-likeness (QED) is 0.860. The van der Waals surface area contributed by atoms with Gasteiger partial charge in [0, 0.05) is 32.6 Å². The van der Waals surface area contributed by atoms with Crippen LogP contribution in [-0.4, -0.2) is 41.6 Å². The first-order chi connectivity index (χ1) is 9.15. The van der Waals surface area contributed by atoms with Crippen LogP contribution in [0, 0.1) is 0 Å². The van der Waals surface area contributed by atoms with Crippen molar-refractivity contribution in [2.75, 3.05) is 19.6 Å². The Morgan fingerprint density at radius 1 is 1.37 bits per heavy atom. The van der Waals surface area contributed by atoms with Gasteiger partial charge in [0.2, 0.25) is 5.91 Å². The zero-order chi connectivity index (χ0) is 13.7. The Morgan fingerprint density at radius 2 is 2.00 bits per heavy atom. The largest absolute Gasteiger partial charge is 0.387 e. The Morgan fingerprint density at radius 3 is 2.58 bits per heavy atom. The molecule has 2 N–H and O–H groups in total. The molecule has 1 atom stereocenters. The minimum Gasteiger partial charge on any atom is -0.387 e. The number of aliphatic hydroxyl groups excluding tert-OH is 1. The third-order valence-corrected chi connectivity index (χ3v) is 3.61. The number of aliphatic hydroxyl groups is 1. The number of benzene rings is 1. The molecule has 0 aromatic heterocycles. The van der Waals surface area contributed by atoms with Crippen molar-refractivity contribution in [1.82, 2.24) is 10.2 Å². The lowest BCUT2D eigenvalue weighted by molar-refractivity contribution is -0.120. The van der Waals surface area contributed by atoms with Crippen LogP contribution < -0.4 is 5.32 Å². The molecular weight excluding hydrogens is 240 g/mol. The highest BCUT2D eigenvalue weighted by Crippen LogP contribution is 2.17. The maximum absolute atomic E-state index is 11.0. The molecule has 1 amide bonds. The number of hydrogen-bond donors (Lipinski definition) is 2. The van der Waals surface area contributed by atoms with E-state index in [9.17, 15) is 9.90 Å². The SMILES string of the molecule is CC(=O)NC1CCN(CC(O)c2ccccc2)CC1. The Balaban J connectivity index is 1.78. The van der Waals surface area contributed by atoms with E-state index in [0.29, 0.717) is 12.6 Å². The Hall–Kier alpha value is -1.39. The predicted octanol–water partition coefficient (Wildman–Crippen LogP) is 1.32. The fourth-order valence-corrected chi connectivity index (χ4v) is 2.57. The maximum atomic E-state index is 11.0. The summed E-state index contributed by atoms with van der Waals surface area (Å²) in [6, 6.07) is 10.0. The van der Waals surface area contributed by atoms with Crippen molar-refractivity contribution in [2.24, 2.45) is 0 Å². The third kappa shape index (κ3) is 4.33. The van der Waals surface area contributed by atoms with E-state index in [0.717, 1.165) is 31.5 Å². The number of β-amino-alcohol motifs (C(OH)–C–C–N with tert-alkyl or cyclic N) is 1. The fraction of sp³-hybridized carbons (Fsp3) is 0.533. The van der Waals surface area contributed by atoms with Gasteiger partial charge in [-0.05, 0) is 18.4 Å². The van der Waals surface area contributed by atoms with Gasteiger partial charge in [0.1, 0.15) is 0 Å². The number of hydrogen-bond acceptors (Lipinski definition) is 3. The average Bonchev–Trinajstić information content (AvgIpc) is 2.41. The minimum absolute atomic E-state index is 0.0442. The fourth-order valence-electron chi connectivity index (χ4n) is 2.57. The van der Waals surface area contributed by atoms with E-state index in [1.165, 1.54) is 0 Å². The first-order valence-corrected chi connectivity index (χ1v) is 6.87. The Bertz CT molecular complexity index is 400. The summed E-state index contributed by atoms with van der Waals surface area (Å²) in [5.41, 5.74) is 0.964. The molecule has 1 aliphatic heterocycles. The standard InChI is InChI=1S/C15H22N2O2/c1-12(18)16-14-7-9-17(10-8-14)11-15(19)13-5-3-2-4-6-13/h2-6,14-15,19H,7-11H2,1H3,(H,16,18). The van der Waals surface area contributed by atoms with Gasteiger partial charge < -0.3 is 15.3 Å². The second kappa shape index (κ2) is 6.68. The van der Waals surface area contributed by atoms with Gasteiger partial charge in [-0.25, -0.2) is 0 Å². The van der Waals surface area contributed by atoms with Gasteiger partial charge in [-0.1, -0.05) is 30.3 Å². The second-order valence-corrected chi connectivity index (χ2v) is 5.20. The normalized spacial score (nSPS) is 19.1. The van der Waals surface area contributed by atoms with Gasteiger partial charge >= 0.3 is 0 Å². The summed E-state index contributed by atoms with van der Waals surface area (Å²) in [5, 5.41) is 13.1. The van der Waals surface area contributed by atoms with Crippen molar-refractivity contribution in [3.05, 3.63) is 35.9 Å². The lowest BCUT2D eigenvalue weighted by Crippen LogP contribution is -2.45. The summed E-state index contributed by atoms with van der Waals surface area (Å²) in [6.07, 6.45) is 1.49. The molecule has 1 aromatic carbocycles. The highest BCUT2D eigenvalue weighted by Gasteiger charge is 2.21. The molecule has 1 aliphatic rings. The van der Waals surface area contributed by atoms with Gasteiger partial charge in [0.05, 0.1) is 6.10 Å². The topological polar surface area (TPSA) is 52.6 Å². The lowest BCUT2D eigenvalue weighted by Gasteiger charge is -2.33. The molecule has 0 aliphatic carbocycles. The van der Waals surface area contributed by atoms with Crippen molar-refractivity contribution >= 4 is 5.91 Å². The lowest BCUT2D eigenvalue weighted by atomic mass is 10.0. The van der Waals surface area contributed by atoms with Crippen LogP contribution in [0.4, 0.5) is 0 Å². The average molecular weight is 262 g/mol. The van der Waals surface area contributed by atoms with Crippen LogP contribution in [0.25, 0.3) is 0 Å². The number of carbonyl (C=O) groups excluding carboxylic acids is 1. The van der Waals surface area contributed by atoms with E-state index < -0.39 is 6.10 Å². The van der Waals surface area contributed by atoms with Crippen molar-refractivity contribution in [3.8, 4) is 0 Å². The number of carbonyl (C=O) groups is 1. The summed E-state index contributed by atoms with van der Waals surface area (Å²) in [4.78, 5) is 13.3. The molecule has 104 valence electrons. The maximum Gasteiger partial charge on any atom is 0.217 e. The van der Waals surface area contributed by atoms with E-state index in [4.69, 9.17) is 0 Å². The molecule has 1 fully saturated rings. The molecule has 4 nitrogen and oxygen atoms in total. The summed E-state index contributed by atoms with van der Waals surface area (Å²) in [5.74, 6) is 0.0442. The Labute approximate surface area is 114 Å². The van der Waals surface area contributed by atoms with Crippen molar-refractivity contribution in [1.29, 1.82) is 0 Å². The van der Waals surface area contributed by atoms with Gasteiger partial charge in [0.15, 0.2) is 0 Å². The molecule has 0 bridgehead atoms. The zero-order valence-corrected chi connectivity index (χ0v) is 11.4. The van der Waals surface area contributed by atoms with E-state index in [1.807, 2.05) is 30.3 Å². The number of piperidine rings is 1. The van der Waals surface area contributed by atoms with Crippen molar-refractivity contribution in [2.45, 2.75) is 31.9 Å². The molecule has 1 heterocycles. The first-order valence-electron chi connectivity index (χ1n) is 6.87. The predicted molar refractivity (Wildman–Crippen MR) is 74.7 cm³/mol. The molecule has 1 saturated heterocycles. The molecular formula is C15H22N2O2. The molecule has 4 heteroatoms. The van der Waals surface area contributed by atoms with Crippen molar-refractivity contribution < 1.29 is 9.90 Å². The van der Waals surface area contributed by atoms with Crippen molar-refractivity contribution in [3.63, 3.8) is 0 Å². The monoisotopic (exact) mass is 262 g/mol. The van der Waals surface area contributed by atoms with Crippen LogP contribution >= 0.6 is 0 Å². The highest BCUT2D eigenvalue weighted by molar-refractivity contribution is 5.73. The number of amides is 1. The number of nitrogens with one attached hydrogen (secondary N) is 1. The van der Waals surface area contributed by atoms with Crippen LogP contribution in [-0.2, 0) is 4.79 Å². The van der Waals surface area contributed by atoms with Crippen LogP contribution in [0.15, 0.2) is 30.3 Å². The second-order valence-electron chi connectivity index (χ2n) is 5.20. The molecule has 2 rings (SSSR count). The van der Waals surface area contributed by atoms with E-state index >= 15 is 0 Å². The van der Waals surface area contributed by atoms with Crippen LogP contribution in [0.5, 0.6) is 0 Å². The van der Waals surface area contributed by atoms with Gasteiger partial charge in [-0.2, -0.15) is 0 Å². The Kier molecular flexibility index (Phi) is 4.93. The van der Waals surface area contributed by atoms with E-state index in [1.54, 1.807) is 6.92 Å². The molecule has 0 saturated carbocycles. The molecule has 19 heavy (non-hydrogen) atoms. The smallest absolute Gasteiger partial charge is 0.217 e. The molecule has 0 radical (unpaired) electrons. The van der Waals surface area contributed by atoms with Gasteiger partial charge in [-0.3, -0.25) is 4.79 Å². The van der Waals surface area contributed by atoms with Crippen LogP contribution in [0.2, 0.25) is 0 Å². The van der Waals surface area contributed by atoms with Gasteiger partial charge in [0.25, 0.3) is 0 Å². The molecule has 1 aromatic rings. The summed E-state index contributed by atoms with van der Waals surface area (Å²) >= 11 is 0. The first kappa shape index (κ1) is 14.0. The van der Waals surface area contributed by atoms with E-state index in [-0.39, 0.29) is 5.91 Å². The summed E-state index contributed by atoms with van der Waals surface area (Å²) in [6.45, 7) is 4.08.